The number of nitrogens with one attached hydrogen (secondary N) is 2. The molecule has 0 saturated carbocycles. The molecule has 0 atom stereocenters. The number of amides is 2. The number of carbonyl (C=O) groups excluding carboxylic acids is 2. The summed E-state index contributed by atoms with van der Waals surface area (Å²) in [6.07, 6.45) is 1.56. The summed E-state index contributed by atoms with van der Waals surface area (Å²) >= 11 is 1.33. The number of benzene rings is 1. The van der Waals surface area contributed by atoms with Crippen molar-refractivity contribution in [2.75, 3.05) is 26.0 Å². The number of carbonyl (C=O) groups is 2. The highest BCUT2D eigenvalue weighted by Crippen LogP contribution is 2.22. The van der Waals surface area contributed by atoms with Gasteiger partial charge in [0, 0.05) is 18.6 Å². The van der Waals surface area contributed by atoms with Gasteiger partial charge in [0.2, 0.25) is 5.91 Å². The summed E-state index contributed by atoms with van der Waals surface area (Å²) in [5, 5.41) is 5.56. The van der Waals surface area contributed by atoms with E-state index in [4.69, 9.17) is 9.15 Å². The Labute approximate surface area is 144 Å². The number of hydrogen-bond donors (Lipinski definition) is 2. The lowest BCUT2D eigenvalue weighted by atomic mass is 10.2. The quantitative estimate of drug-likeness (QED) is 0.536. The first kappa shape index (κ1) is 18.1. The molecule has 7 heteroatoms. The largest absolute Gasteiger partial charge is 0.467 e. The number of hydrogen-bond acceptors (Lipinski definition) is 5. The second kappa shape index (κ2) is 9.79. The van der Waals surface area contributed by atoms with Crippen molar-refractivity contribution in [2.24, 2.45) is 0 Å². The van der Waals surface area contributed by atoms with E-state index < -0.39 is 0 Å². The number of rotatable bonds is 9. The lowest BCUT2D eigenvalue weighted by Gasteiger charge is -2.09. The Hall–Kier alpha value is -2.25. The third-order valence-electron chi connectivity index (χ3n) is 3.12. The third-order valence-corrected chi connectivity index (χ3v) is 4.20. The molecule has 0 bridgehead atoms. The minimum absolute atomic E-state index is 0.0946. The van der Waals surface area contributed by atoms with Gasteiger partial charge < -0.3 is 19.8 Å². The van der Waals surface area contributed by atoms with Gasteiger partial charge in [0.1, 0.15) is 5.76 Å². The Morgan fingerprint density at radius 1 is 1.17 bits per heavy atom. The maximum absolute atomic E-state index is 12.3. The van der Waals surface area contributed by atoms with Crippen molar-refractivity contribution in [3.05, 3.63) is 54.0 Å². The van der Waals surface area contributed by atoms with Crippen LogP contribution >= 0.6 is 11.8 Å². The van der Waals surface area contributed by atoms with Crippen LogP contribution in [0.15, 0.2) is 52.0 Å². The van der Waals surface area contributed by atoms with Gasteiger partial charge >= 0.3 is 0 Å². The molecule has 0 aliphatic heterocycles. The normalized spacial score (nSPS) is 10.4. The van der Waals surface area contributed by atoms with E-state index >= 15 is 0 Å². The molecule has 2 N–H and O–H groups in total. The molecule has 0 fully saturated rings. The summed E-state index contributed by atoms with van der Waals surface area (Å²) in [7, 11) is 1.58. The molecule has 1 aromatic carbocycles. The van der Waals surface area contributed by atoms with Gasteiger partial charge in [0.15, 0.2) is 0 Å². The molecule has 0 radical (unpaired) electrons. The van der Waals surface area contributed by atoms with Gasteiger partial charge in [0.05, 0.1) is 30.7 Å². The zero-order valence-electron chi connectivity index (χ0n) is 13.4. The average molecular weight is 348 g/mol. The fourth-order valence-electron chi connectivity index (χ4n) is 1.94. The fourth-order valence-corrected chi connectivity index (χ4v) is 2.82. The molecule has 2 rings (SSSR count). The second-order valence-electron chi connectivity index (χ2n) is 4.89. The van der Waals surface area contributed by atoms with Crippen molar-refractivity contribution in [2.45, 2.75) is 11.4 Å². The van der Waals surface area contributed by atoms with Crippen molar-refractivity contribution in [1.29, 1.82) is 0 Å². The smallest absolute Gasteiger partial charge is 0.252 e. The zero-order chi connectivity index (χ0) is 17.2. The SMILES string of the molecule is COCCNC(=O)CSc1ccccc1C(=O)NCc1ccco1. The highest BCUT2D eigenvalue weighted by atomic mass is 32.2. The Kier molecular flexibility index (Phi) is 7.38. The summed E-state index contributed by atoms with van der Waals surface area (Å²) < 4.78 is 10.1. The monoisotopic (exact) mass is 348 g/mol. The lowest BCUT2D eigenvalue weighted by Crippen LogP contribution is -2.28. The van der Waals surface area contributed by atoms with E-state index in [0.29, 0.717) is 31.0 Å². The third kappa shape index (κ3) is 5.75. The first-order valence-electron chi connectivity index (χ1n) is 7.48. The van der Waals surface area contributed by atoms with Crippen molar-refractivity contribution in [3.63, 3.8) is 0 Å². The van der Waals surface area contributed by atoms with E-state index in [1.165, 1.54) is 11.8 Å². The highest BCUT2D eigenvalue weighted by Gasteiger charge is 2.13. The molecule has 0 aliphatic rings. The maximum Gasteiger partial charge on any atom is 0.252 e. The molecule has 0 saturated heterocycles. The highest BCUT2D eigenvalue weighted by molar-refractivity contribution is 8.00. The predicted molar refractivity (Wildman–Crippen MR) is 91.9 cm³/mol. The minimum atomic E-state index is -0.200. The van der Waals surface area contributed by atoms with Gasteiger partial charge in [-0.3, -0.25) is 9.59 Å². The minimum Gasteiger partial charge on any atom is -0.467 e. The van der Waals surface area contributed by atoms with Crippen LogP contribution in [0.2, 0.25) is 0 Å². The topological polar surface area (TPSA) is 80.6 Å². The number of thioether (sulfide) groups is 1. The van der Waals surface area contributed by atoms with Gasteiger partial charge in [-0.15, -0.1) is 11.8 Å². The molecular weight excluding hydrogens is 328 g/mol. The summed E-state index contributed by atoms with van der Waals surface area (Å²) in [6.45, 7) is 1.27. The zero-order valence-corrected chi connectivity index (χ0v) is 14.2. The molecule has 6 nitrogen and oxygen atoms in total. The van der Waals surface area contributed by atoms with E-state index in [0.717, 1.165) is 4.90 Å². The molecule has 0 spiro atoms. The van der Waals surface area contributed by atoms with Crippen molar-refractivity contribution >= 4 is 23.6 Å². The van der Waals surface area contributed by atoms with Crippen LogP contribution in [0, 0.1) is 0 Å². The molecule has 2 aromatic rings. The first-order valence-corrected chi connectivity index (χ1v) is 8.47. The summed E-state index contributed by atoms with van der Waals surface area (Å²) in [5.74, 6) is 0.634. The summed E-state index contributed by atoms with van der Waals surface area (Å²) in [6, 6.07) is 10.8. The van der Waals surface area contributed by atoms with Crippen LogP contribution in [-0.2, 0) is 16.1 Å². The van der Waals surface area contributed by atoms with Crippen molar-refractivity contribution < 1.29 is 18.7 Å². The van der Waals surface area contributed by atoms with E-state index in [1.54, 1.807) is 37.6 Å². The van der Waals surface area contributed by atoms with Crippen molar-refractivity contribution in [3.8, 4) is 0 Å². The fraction of sp³-hybridized carbons (Fsp3) is 0.294. The van der Waals surface area contributed by atoms with E-state index in [9.17, 15) is 9.59 Å². The van der Waals surface area contributed by atoms with Crippen LogP contribution in [0.4, 0.5) is 0 Å². The van der Waals surface area contributed by atoms with Gasteiger partial charge in [-0.2, -0.15) is 0 Å². The standard InChI is InChI=1S/C17H20N2O4S/c1-22-10-8-18-16(20)12-24-15-7-3-2-6-14(15)17(21)19-11-13-5-4-9-23-13/h2-7,9H,8,10-12H2,1H3,(H,18,20)(H,19,21). The van der Waals surface area contributed by atoms with Crippen LogP contribution < -0.4 is 10.6 Å². The predicted octanol–water partition coefficient (Wildman–Crippen LogP) is 2.06. The van der Waals surface area contributed by atoms with E-state index in [-0.39, 0.29) is 17.6 Å². The van der Waals surface area contributed by atoms with Crippen molar-refractivity contribution in [1.82, 2.24) is 10.6 Å². The van der Waals surface area contributed by atoms with Crippen LogP contribution in [0.5, 0.6) is 0 Å². The lowest BCUT2D eigenvalue weighted by molar-refractivity contribution is -0.118. The van der Waals surface area contributed by atoms with Gasteiger partial charge in [-0.05, 0) is 24.3 Å². The summed E-state index contributed by atoms with van der Waals surface area (Å²) in [5.41, 5.74) is 0.541. The Balaban J connectivity index is 1.89. The van der Waals surface area contributed by atoms with Crippen LogP contribution in [0.1, 0.15) is 16.1 Å². The van der Waals surface area contributed by atoms with Gasteiger partial charge in [-0.1, -0.05) is 12.1 Å². The number of ether oxygens (including phenoxy) is 1. The molecule has 0 aliphatic carbocycles. The number of furan rings is 1. The molecular formula is C17H20N2O4S. The molecule has 1 aromatic heterocycles. The summed E-state index contributed by atoms with van der Waals surface area (Å²) in [4.78, 5) is 24.8. The molecule has 0 unspecified atom stereocenters. The second-order valence-corrected chi connectivity index (χ2v) is 5.91. The van der Waals surface area contributed by atoms with E-state index in [2.05, 4.69) is 10.6 Å². The van der Waals surface area contributed by atoms with E-state index in [1.807, 2.05) is 12.1 Å². The van der Waals surface area contributed by atoms with Gasteiger partial charge in [-0.25, -0.2) is 0 Å². The Bertz CT molecular complexity index is 658. The van der Waals surface area contributed by atoms with Crippen LogP contribution in [-0.4, -0.2) is 37.8 Å². The maximum atomic E-state index is 12.3. The molecule has 24 heavy (non-hydrogen) atoms. The van der Waals surface area contributed by atoms with Crippen LogP contribution in [0.3, 0.4) is 0 Å². The number of methoxy groups -OCH3 is 1. The molecule has 1 heterocycles. The molecule has 2 amide bonds. The first-order chi connectivity index (χ1) is 11.7. The average Bonchev–Trinajstić information content (AvgIpc) is 3.12. The van der Waals surface area contributed by atoms with Crippen LogP contribution in [0.25, 0.3) is 0 Å². The molecule has 128 valence electrons. The van der Waals surface area contributed by atoms with Gasteiger partial charge in [0.25, 0.3) is 5.91 Å². The Morgan fingerprint density at radius 2 is 2.00 bits per heavy atom. The Morgan fingerprint density at radius 3 is 2.75 bits per heavy atom.